The topological polar surface area (TPSA) is 49.4 Å². The summed E-state index contributed by atoms with van der Waals surface area (Å²) >= 11 is 2.19. The third kappa shape index (κ3) is 3.20. The van der Waals surface area contributed by atoms with Gasteiger partial charge in [0.05, 0.1) is 18.2 Å². The zero-order valence-corrected chi connectivity index (χ0v) is 14.0. The Morgan fingerprint density at radius 1 is 1.05 bits per heavy atom. The highest BCUT2D eigenvalue weighted by Gasteiger charge is 2.39. The SMILES string of the molecule is O=C1C[C@@H](NCc2ccccc2)C(=O)N1c1ccc(I)cc1. The molecular formula is C17H15IN2O2. The van der Waals surface area contributed by atoms with E-state index in [0.29, 0.717) is 12.2 Å². The van der Waals surface area contributed by atoms with Crippen LogP contribution < -0.4 is 10.2 Å². The number of nitrogens with zero attached hydrogens (tertiary/aromatic N) is 1. The molecule has 0 saturated carbocycles. The van der Waals surface area contributed by atoms with Crippen LogP contribution >= 0.6 is 22.6 Å². The van der Waals surface area contributed by atoms with E-state index >= 15 is 0 Å². The molecule has 1 aliphatic heterocycles. The third-order valence-electron chi connectivity index (χ3n) is 3.63. The molecular weight excluding hydrogens is 391 g/mol. The summed E-state index contributed by atoms with van der Waals surface area (Å²) in [7, 11) is 0. The first-order valence-corrected chi connectivity index (χ1v) is 8.13. The van der Waals surface area contributed by atoms with E-state index in [1.807, 2.05) is 42.5 Å². The van der Waals surface area contributed by atoms with E-state index in [1.165, 1.54) is 4.90 Å². The van der Waals surface area contributed by atoms with Crippen molar-refractivity contribution in [2.75, 3.05) is 4.90 Å². The fraction of sp³-hybridized carbons (Fsp3) is 0.176. The molecule has 5 heteroatoms. The molecule has 2 aromatic rings. The van der Waals surface area contributed by atoms with Crippen LogP contribution in [-0.4, -0.2) is 17.9 Å². The molecule has 2 aromatic carbocycles. The lowest BCUT2D eigenvalue weighted by atomic mass is 10.2. The second-order valence-corrected chi connectivity index (χ2v) is 6.41. The van der Waals surface area contributed by atoms with Crippen molar-refractivity contribution in [3.63, 3.8) is 0 Å². The van der Waals surface area contributed by atoms with Crippen molar-refractivity contribution in [2.45, 2.75) is 19.0 Å². The van der Waals surface area contributed by atoms with E-state index in [4.69, 9.17) is 0 Å². The zero-order valence-electron chi connectivity index (χ0n) is 11.8. The molecule has 0 aromatic heterocycles. The van der Waals surface area contributed by atoms with Crippen LogP contribution in [0.1, 0.15) is 12.0 Å². The minimum Gasteiger partial charge on any atom is -0.301 e. The van der Waals surface area contributed by atoms with Gasteiger partial charge in [-0.2, -0.15) is 0 Å². The van der Waals surface area contributed by atoms with Gasteiger partial charge in [-0.15, -0.1) is 0 Å². The molecule has 1 fully saturated rings. The molecule has 112 valence electrons. The smallest absolute Gasteiger partial charge is 0.251 e. The lowest BCUT2D eigenvalue weighted by molar-refractivity contribution is -0.121. The van der Waals surface area contributed by atoms with Gasteiger partial charge >= 0.3 is 0 Å². The van der Waals surface area contributed by atoms with Crippen molar-refractivity contribution >= 4 is 40.1 Å². The maximum absolute atomic E-state index is 12.5. The predicted molar refractivity (Wildman–Crippen MR) is 93.3 cm³/mol. The van der Waals surface area contributed by atoms with Gasteiger partial charge in [0, 0.05) is 10.1 Å². The summed E-state index contributed by atoms with van der Waals surface area (Å²) in [5.41, 5.74) is 1.73. The number of carbonyl (C=O) groups excluding carboxylic acids is 2. The molecule has 0 radical (unpaired) electrons. The third-order valence-corrected chi connectivity index (χ3v) is 4.35. The van der Waals surface area contributed by atoms with E-state index in [1.54, 1.807) is 12.1 Å². The summed E-state index contributed by atoms with van der Waals surface area (Å²) in [6.45, 7) is 0.574. The van der Waals surface area contributed by atoms with E-state index in [-0.39, 0.29) is 18.2 Å². The summed E-state index contributed by atoms with van der Waals surface area (Å²) in [6, 6.07) is 16.8. The average molecular weight is 406 g/mol. The normalized spacial score (nSPS) is 18.0. The lowest BCUT2D eigenvalue weighted by Gasteiger charge is -2.15. The van der Waals surface area contributed by atoms with Crippen molar-refractivity contribution < 1.29 is 9.59 Å². The van der Waals surface area contributed by atoms with Crippen LogP contribution in [0.3, 0.4) is 0 Å². The highest BCUT2D eigenvalue weighted by Crippen LogP contribution is 2.23. The molecule has 1 aliphatic rings. The molecule has 22 heavy (non-hydrogen) atoms. The van der Waals surface area contributed by atoms with Gasteiger partial charge in [-0.3, -0.25) is 9.59 Å². The summed E-state index contributed by atoms with van der Waals surface area (Å²) in [6.07, 6.45) is 0.206. The van der Waals surface area contributed by atoms with Crippen LogP contribution in [0.15, 0.2) is 54.6 Å². The number of halogens is 1. The molecule has 3 rings (SSSR count). The molecule has 4 nitrogen and oxygen atoms in total. The Hall–Kier alpha value is -1.73. The van der Waals surface area contributed by atoms with Crippen molar-refractivity contribution in [2.24, 2.45) is 0 Å². The zero-order chi connectivity index (χ0) is 15.5. The number of hydrogen-bond donors (Lipinski definition) is 1. The van der Waals surface area contributed by atoms with Crippen molar-refractivity contribution in [3.8, 4) is 0 Å². The van der Waals surface area contributed by atoms with Gasteiger partial charge in [0.2, 0.25) is 5.91 Å². The molecule has 1 atom stereocenters. The molecule has 0 aliphatic carbocycles. The number of benzene rings is 2. The fourth-order valence-corrected chi connectivity index (χ4v) is 2.85. The van der Waals surface area contributed by atoms with E-state index in [0.717, 1.165) is 9.13 Å². The highest BCUT2D eigenvalue weighted by molar-refractivity contribution is 14.1. The van der Waals surface area contributed by atoms with Gasteiger partial charge in [-0.25, -0.2) is 4.90 Å². The Balaban J connectivity index is 1.70. The highest BCUT2D eigenvalue weighted by atomic mass is 127. The van der Waals surface area contributed by atoms with Crippen molar-refractivity contribution in [3.05, 3.63) is 63.7 Å². The van der Waals surface area contributed by atoms with Crippen LogP contribution in [-0.2, 0) is 16.1 Å². The average Bonchev–Trinajstić information content (AvgIpc) is 2.82. The molecule has 0 bridgehead atoms. The monoisotopic (exact) mass is 406 g/mol. The first kappa shape index (κ1) is 15.2. The second-order valence-electron chi connectivity index (χ2n) is 5.17. The first-order valence-electron chi connectivity index (χ1n) is 7.05. The molecule has 2 amide bonds. The van der Waals surface area contributed by atoms with Gasteiger partial charge < -0.3 is 5.32 Å². The molecule has 1 saturated heterocycles. The predicted octanol–water partition coefficient (Wildman–Crippen LogP) is 2.71. The van der Waals surface area contributed by atoms with Gasteiger partial charge in [0.15, 0.2) is 0 Å². The molecule has 1 N–H and O–H groups in total. The Kier molecular flexibility index (Phi) is 4.54. The van der Waals surface area contributed by atoms with Gasteiger partial charge in [0.25, 0.3) is 5.91 Å². The standard InChI is InChI=1S/C17H15IN2O2/c18-13-6-8-14(9-7-13)20-16(21)10-15(17(20)22)19-11-12-4-2-1-3-5-12/h1-9,15,19H,10-11H2/t15-/m1/s1. The summed E-state index contributed by atoms with van der Waals surface area (Å²) < 4.78 is 1.07. The number of anilines is 1. The van der Waals surface area contributed by atoms with Gasteiger partial charge in [0.1, 0.15) is 0 Å². The van der Waals surface area contributed by atoms with Crippen molar-refractivity contribution in [1.82, 2.24) is 5.32 Å². The largest absolute Gasteiger partial charge is 0.301 e. The summed E-state index contributed by atoms with van der Waals surface area (Å²) in [5.74, 6) is -0.334. The van der Waals surface area contributed by atoms with Gasteiger partial charge in [-0.1, -0.05) is 30.3 Å². The number of nitrogens with one attached hydrogen (secondary N) is 1. The quantitative estimate of drug-likeness (QED) is 0.628. The molecule has 1 heterocycles. The van der Waals surface area contributed by atoms with Gasteiger partial charge in [-0.05, 0) is 52.4 Å². The van der Waals surface area contributed by atoms with Crippen LogP contribution in [0.2, 0.25) is 0 Å². The Morgan fingerprint density at radius 2 is 1.73 bits per heavy atom. The fourth-order valence-electron chi connectivity index (χ4n) is 2.49. The molecule has 0 unspecified atom stereocenters. The van der Waals surface area contributed by atoms with Crippen LogP contribution in [0.5, 0.6) is 0 Å². The lowest BCUT2D eigenvalue weighted by Crippen LogP contribution is -2.38. The maximum atomic E-state index is 12.5. The Labute approximate surface area is 142 Å². The maximum Gasteiger partial charge on any atom is 0.251 e. The summed E-state index contributed by atoms with van der Waals surface area (Å²) in [5, 5.41) is 3.18. The second kappa shape index (κ2) is 6.58. The Bertz CT molecular complexity index is 686. The minimum absolute atomic E-state index is 0.156. The van der Waals surface area contributed by atoms with Crippen molar-refractivity contribution in [1.29, 1.82) is 0 Å². The van der Waals surface area contributed by atoms with E-state index in [9.17, 15) is 9.59 Å². The number of carbonyl (C=O) groups is 2. The number of rotatable bonds is 4. The summed E-state index contributed by atoms with van der Waals surface area (Å²) in [4.78, 5) is 25.9. The van der Waals surface area contributed by atoms with Crippen LogP contribution in [0.4, 0.5) is 5.69 Å². The first-order chi connectivity index (χ1) is 10.6. The van der Waals surface area contributed by atoms with Crippen LogP contribution in [0.25, 0.3) is 0 Å². The minimum atomic E-state index is -0.452. The Morgan fingerprint density at radius 3 is 2.41 bits per heavy atom. The van der Waals surface area contributed by atoms with E-state index in [2.05, 4.69) is 27.9 Å². The number of hydrogen-bond acceptors (Lipinski definition) is 3. The number of imide groups is 1. The number of amides is 2. The molecule has 0 spiro atoms. The van der Waals surface area contributed by atoms with E-state index < -0.39 is 6.04 Å². The van der Waals surface area contributed by atoms with Crippen LogP contribution in [0, 0.1) is 3.57 Å².